The highest BCUT2D eigenvalue weighted by Gasteiger charge is 2.27. The first kappa shape index (κ1) is 34.3. The van der Waals surface area contributed by atoms with Crippen molar-refractivity contribution in [3.05, 3.63) is 132 Å². The molecule has 10 rings (SSSR count). The Morgan fingerprint density at radius 3 is 1.47 bits per heavy atom. The van der Waals surface area contributed by atoms with E-state index in [1.807, 2.05) is 18.7 Å². The van der Waals surface area contributed by atoms with Gasteiger partial charge in [-0.2, -0.15) is 0 Å². The van der Waals surface area contributed by atoms with E-state index in [2.05, 4.69) is 136 Å². The van der Waals surface area contributed by atoms with Crippen molar-refractivity contribution in [3.8, 4) is 0 Å². The molecule has 0 spiro atoms. The van der Waals surface area contributed by atoms with Gasteiger partial charge in [0.15, 0.2) is 0 Å². The summed E-state index contributed by atoms with van der Waals surface area (Å²) in [6.45, 7) is 5.93. The van der Waals surface area contributed by atoms with Crippen molar-refractivity contribution in [2.45, 2.75) is 63.5 Å². The summed E-state index contributed by atoms with van der Waals surface area (Å²) in [5, 5.41) is 4.53. The van der Waals surface area contributed by atoms with Gasteiger partial charge < -0.3 is 19.4 Å². The molecule has 6 aromatic rings. The molecule has 264 valence electrons. The minimum atomic E-state index is 0.601. The number of hydrogen-bond acceptors (Lipinski definition) is 4. The summed E-state index contributed by atoms with van der Waals surface area (Å²) in [5.41, 5.74) is 11.0. The number of likely N-dealkylation sites (tertiary alicyclic amines) is 1. The maximum Gasteiger partial charge on any atom is 0.0960 e. The normalized spacial score (nSPS) is 18.6. The molecule has 1 N–H and O–H groups in total. The molecule has 2 aromatic heterocycles. The van der Waals surface area contributed by atoms with E-state index in [0.29, 0.717) is 12.1 Å². The van der Waals surface area contributed by atoms with Gasteiger partial charge in [-0.05, 0) is 123 Å². The van der Waals surface area contributed by atoms with Crippen molar-refractivity contribution < 1.29 is 0 Å². The molecule has 2 fully saturated rings. The predicted molar refractivity (Wildman–Crippen MR) is 214 cm³/mol. The average Bonchev–Trinajstić information content (AvgIpc) is 4.00. The van der Waals surface area contributed by atoms with Crippen LogP contribution in [0.2, 0.25) is 0 Å². The van der Waals surface area contributed by atoms with E-state index >= 15 is 0 Å². The number of rotatable bonds is 5. The van der Waals surface area contributed by atoms with Gasteiger partial charge in [0, 0.05) is 37.0 Å². The number of alkyl halides is 1. The van der Waals surface area contributed by atoms with E-state index in [9.17, 15) is 0 Å². The monoisotopic (exact) mass is 742 g/mol. The number of para-hydroxylation sites is 4. The summed E-state index contributed by atoms with van der Waals surface area (Å²) in [5.74, 6) is 1.65. The van der Waals surface area contributed by atoms with Crippen LogP contribution in [0.4, 0.5) is 0 Å². The van der Waals surface area contributed by atoms with E-state index in [1.54, 1.807) is 22.3 Å². The molecule has 2 saturated heterocycles. The molecule has 0 amide bonds. The summed E-state index contributed by atoms with van der Waals surface area (Å²) in [6.07, 6.45) is 14.0. The zero-order chi connectivity index (χ0) is 34.4. The second-order valence-electron chi connectivity index (χ2n) is 15.0. The van der Waals surface area contributed by atoms with E-state index in [0.717, 1.165) is 41.3 Å². The smallest absolute Gasteiger partial charge is 0.0960 e. The van der Waals surface area contributed by atoms with Gasteiger partial charge in [0.25, 0.3) is 0 Å². The first-order valence-corrected chi connectivity index (χ1v) is 20.3. The van der Waals surface area contributed by atoms with Crippen molar-refractivity contribution in [1.82, 2.24) is 29.3 Å². The average molecular weight is 744 g/mol. The van der Waals surface area contributed by atoms with E-state index in [4.69, 9.17) is 0 Å². The maximum atomic E-state index is 4.57. The summed E-state index contributed by atoms with van der Waals surface area (Å²) in [7, 11) is 0. The van der Waals surface area contributed by atoms with Crippen LogP contribution in [0, 0.1) is 11.8 Å². The zero-order valence-corrected chi connectivity index (χ0v) is 31.3. The molecule has 0 unspecified atom stereocenters. The Balaban J connectivity index is 0.000000122. The van der Waals surface area contributed by atoms with Crippen LogP contribution < -0.4 is 5.32 Å². The first-order chi connectivity index (χ1) is 25.2. The van der Waals surface area contributed by atoms with Crippen LogP contribution in [0.5, 0.6) is 0 Å². The van der Waals surface area contributed by atoms with Crippen molar-refractivity contribution in [2.24, 2.45) is 11.8 Å². The number of benzene rings is 4. The third-order valence-corrected chi connectivity index (χ3v) is 12.5. The molecule has 4 aromatic carbocycles. The third-order valence-electron chi connectivity index (χ3n) is 11.6. The molecule has 0 radical (unpaired) electrons. The fourth-order valence-corrected chi connectivity index (χ4v) is 9.36. The molecular weight excluding hydrogens is 692 g/mol. The fourth-order valence-electron chi connectivity index (χ4n) is 8.91. The molecule has 2 aliphatic heterocycles. The quantitative estimate of drug-likeness (QED) is 0.180. The molecular formula is C44H51BrN6. The van der Waals surface area contributed by atoms with Gasteiger partial charge >= 0.3 is 0 Å². The van der Waals surface area contributed by atoms with Crippen LogP contribution in [-0.4, -0.2) is 62.1 Å². The van der Waals surface area contributed by atoms with Gasteiger partial charge in [-0.3, -0.25) is 0 Å². The first-order valence-electron chi connectivity index (χ1n) is 19.2. The highest BCUT2D eigenvalue weighted by atomic mass is 79.9. The van der Waals surface area contributed by atoms with E-state index in [1.165, 1.54) is 82.0 Å². The Labute approximate surface area is 311 Å². The standard InChI is InChI=1S/C22H25N3.C12H15N3.C10H11Br/c1-2-6-19-14-17(13-18(19)5-1)15-24-11-9-20(10-12-24)25-16-23-21-7-3-4-8-22(21)25;1-2-4-12-11(3-1)14-9-15(12)10-5-7-13-8-6-10;11-7-8-5-9-3-1-2-4-10(9)6-8/h1-8,16-17,20H,9-15H2;1-4,9-10,13H,5-8H2;1-4,8H,5-7H2. The van der Waals surface area contributed by atoms with Crippen molar-refractivity contribution in [3.63, 3.8) is 0 Å². The van der Waals surface area contributed by atoms with E-state index < -0.39 is 0 Å². The molecule has 4 heterocycles. The van der Waals surface area contributed by atoms with Crippen LogP contribution in [0.15, 0.2) is 110 Å². The number of aromatic nitrogens is 4. The van der Waals surface area contributed by atoms with Gasteiger partial charge in [0.2, 0.25) is 0 Å². The number of imidazole rings is 2. The molecule has 51 heavy (non-hydrogen) atoms. The Hall–Kier alpha value is -3.78. The Morgan fingerprint density at radius 2 is 0.980 bits per heavy atom. The summed E-state index contributed by atoms with van der Waals surface area (Å²) >= 11 is 3.54. The molecule has 0 atom stereocenters. The lowest BCUT2D eigenvalue weighted by atomic mass is 10.0. The van der Waals surface area contributed by atoms with Gasteiger partial charge in [-0.15, -0.1) is 0 Å². The molecule has 6 nitrogen and oxygen atoms in total. The molecule has 0 saturated carbocycles. The van der Waals surface area contributed by atoms with Crippen molar-refractivity contribution in [2.75, 3.05) is 38.1 Å². The lowest BCUT2D eigenvalue weighted by molar-refractivity contribution is 0.165. The molecule has 2 aliphatic carbocycles. The SMILES string of the molecule is BrCC1Cc2ccccc2C1.c1ccc2c(c1)CC(CN1CCC(n3cnc4ccccc43)CC1)C2.c1ccc2c(c1)ncn2C1CCNCC1. The minimum Gasteiger partial charge on any atom is -0.327 e. The second-order valence-corrected chi connectivity index (χ2v) is 15.7. The Morgan fingerprint density at radius 1 is 0.549 bits per heavy atom. The number of halogens is 1. The van der Waals surface area contributed by atoms with Crippen LogP contribution >= 0.6 is 15.9 Å². The van der Waals surface area contributed by atoms with Gasteiger partial charge in [0.1, 0.15) is 0 Å². The lowest BCUT2D eigenvalue weighted by Gasteiger charge is -2.34. The van der Waals surface area contributed by atoms with Crippen LogP contribution in [0.25, 0.3) is 22.1 Å². The lowest BCUT2D eigenvalue weighted by Crippen LogP contribution is -2.37. The maximum absolute atomic E-state index is 4.57. The Kier molecular flexibility index (Phi) is 10.9. The third kappa shape index (κ3) is 8.01. The number of nitrogens with zero attached hydrogens (tertiary/aromatic N) is 5. The van der Waals surface area contributed by atoms with Gasteiger partial charge in [-0.1, -0.05) is 88.7 Å². The highest BCUT2D eigenvalue weighted by molar-refractivity contribution is 9.09. The van der Waals surface area contributed by atoms with Crippen LogP contribution in [0.1, 0.15) is 60.0 Å². The number of piperidine rings is 2. The van der Waals surface area contributed by atoms with Crippen LogP contribution in [-0.2, 0) is 25.7 Å². The van der Waals surface area contributed by atoms with E-state index in [-0.39, 0.29) is 0 Å². The number of hydrogen-bond donors (Lipinski definition) is 1. The predicted octanol–water partition coefficient (Wildman–Crippen LogP) is 8.85. The summed E-state index contributed by atoms with van der Waals surface area (Å²) in [4.78, 5) is 11.7. The number of nitrogens with one attached hydrogen (secondary N) is 1. The zero-order valence-electron chi connectivity index (χ0n) is 29.7. The molecule has 7 heteroatoms. The fraction of sp³-hybridized carbons (Fsp3) is 0.409. The number of fused-ring (bicyclic) bond motifs is 4. The largest absolute Gasteiger partial charge is 0.327 e. The molecule has 0 bridgehead atoms. The summed E-state index contributed by atoms with van der Waals surface area (Å²) in [6, 6.07) is 35.8. The van der Waals surface area contributed by atoms with Crippen molar-refractivity contribution >= 4 is 38.0 Å². The highest BCUT2D eigenvalue weighted by Crippen LogP contribution is 2.31. The second kappa shape index (κ2) is 16.3. The topological polar surface area (TPSA) is 50.9 Å². The van der Waals surface area contributed by atoms with Gasteiger partial charge in [-0.25, -0.2) is 9.97 Å². The summed E-state index contributed by atoms with van der Waals surface area (Å²) < 4.78 is 4.73. The minimum absolute atomic E-state index is 0.601. The van der Waals surface area contributed by atoms with Gasteiger partial charge in [0.05, 0.1) is 34.7 Å². The molecule has 4 aliphatic rings. The Bertz CT molecular complexity index is 1970. The van der Waals surface area contributed by atoms with Crippen LogP contribution in [0.3, 0.4) is 0 Å². The van der Waals surface area contributed by atoms with Crippen molar-refractivity contribution in [1.29, 1.82) is 0 Å².